The molecule has 0 heterocycles. The van der Waals surface area contributed by atoms with Crippen LogP contribution in [0.3, 0.4) is 0 Å². The lowest BCUT2D eigenvalue weighted by Gasteiger charge is -2.62. The molecule has 1 saturated carbocycles. The summed E-state index contributed by atoms with van der Waals surface area (Å²) in [4.78, 5) is 54.4. The van der Waals surface area contributed by atoms with E-state index in [9.17, 15) is 29.4 Å². The maximum absolute atomic E-state index is 14.2. The first-order valence-electron chi connectivity index (χ1n) is 12.5. The zero-order chi connectivity index (χ0) is 26.4. The topological polar surface area (TPSA) is 109 Å². The zero-order valence-corrected chi connectivity index (χ0v) is 21.9. The van der Waals surface area contributed by atoms with E-state index in [1.165, 1.54) is 13.0 Å². The Kier molecular flexibility index (Phi) is 5.61. The van der Waals surface area contributed by atoms with Gasteiger partial charge in [0.25, 0.3) is 0 Å². The Morgan fingerprint density at radius 2 is 1.69 bits per heavy atom. The highest BCUT2D eigenvalue weighted by molar-refractivity contribution is 6.33. The van der Waals surface area contributed by atoms with Crippen LogP contribution in [0.1, 0.15) is 89.2 Å². The Bertz CT molecular complexity index is 1220. The molecule has 1 fully saturated rings. The predicted molar refractivity (Wildman–Crippen MR) is 131 cm³/mol. The number of aliphatic hydroxyl groups is 1. The molecular formula is C29H36O6. The summed E-state index contributed by atoms with van der Waals surface area (Å²) in [5.41, 5.74) is -2.29. The Morgan fingerprint density at radius 3 is 2.20 bits per heavy atom. The molecule has 35 heavy (non-hydrogen) atoms. The van der Waals surface area contributed by atoms with Crippen molar-refractivity contribution >= 4 is 23.1 Å². The number of ketones is 4. The Hall–Kier alpha value is -2.60. The smallest absolute Gasteiger partial charge is 0.206 e. The van der Waals surface area contributed by atoms with Crippen LogP contribution < -0.4 is 0 Å². The third-order valence-electron chi connectivity index (χ3n) is 9.07. The van der Waals surface area contributed by atoms with E-state index in [-0.39, 0.29) is 35.1 Å². The molecule has 3 aliphatic rings. The van der Waals surface area contributed by atoms with Gasteiger partial charge in [-0.3, -0.25) is 19.2 Å². The van der Waals surface area contributed by atoms with E-state index < -0.39 is 51.4 Å². The summed E-state index contributed by atoms with van der Waals surface area (Å²) in [7, 11) is 0. The molecule has 0 bridgehead atoms. The number of phenolic OH excluding ortho intramolecular Hbond substituents is 1. The minimum absolute atomic E-state index is 0.0660. The average Bonchev–Trinajstić information content (AvgIpc) is 2.69. The minimum Gasteiger partial charge on any atom is -0.507 e. The molecule has 1 aromatic rings. The first kappa shape index (κ1) is 25.5. The number of hydrogen-bond acceptors (Lipinski definition) is 6. The van der Waals surface area contributed by atoms with Gasteiger partial charge in [0, 0.05) is 5.41 Å². The number of Topliss-reactive ketones (excluding diaryl/α,β-unsaturated/α-hetero) is 4. The maximum Gasteiger partial charge on any atom is 0.206 e. The highest BCUT2D eigenvalue weighted by atomic mass is 16.3. The van der Waals surface area contributed by atoms with Gasteiger partial charge in [-0.05, 0) is 67.1 Å². The van der Waals surface area contributed by atoms with Crippen molar-refractivity contribution in [2.75, 3.05) is 0 Å². The molecule has 3 aliphatic carbocycles. The number of carbonyl (C=O) groups excluding carboxylic acids is 4. The van der Waals surface area contributed by atoms with Crippen molar-refractivity contribution in [2.45, 2.75) is 79.8 Å². The number of hydrogen-bond donors (Lipinski definition) is 2. The van der Waals surface area contributed by atoms with Crippen molar-refractivity contribution in [1.29, 1.82) is 0 Å². The summed E-state index contributed by atoms with van der Waals surface area (Å²) >= 11 is 0. The molecule has 6 heteroatoms. The van der Waals surface area contributed by atoms with E-state index in [0.717, 1.165) is 11.1 Å². The fourth-order valence-corrected chi connectivity index (χ4v) is 8.05. The van der Waals surface area contributed by atoms with Gasteiger partial charge in [0.15, 0.2) is 23.0 Å². The second-order valence-electron chi connectivity index (χ2n) is 12.1. The van der Waals surface area contributed by atoms with Crippen LogP contribution in [0.2, 0.25) is 0 Å². The van der Waals surface area contributed by atoms with Gasteiger partial charge in [0.2, 0.25) is 5.78 Å². The van der Waals surface area contributed by atoms with Crippen LogP contribution >= 0.6 is 0 Å². The van der Waals surface area contributed by atoms with Gasteiger partial charge in [-0.15, -0.1) is 0 Å². The van der Waals surface area contributed by atoms with Gasteiger partial charge in [-0.1, -0.05) is 53.2 Å². The summed E-state index contributed by atoms with van der Waals surface area (Å²) in [5, 5.41) is 22.7. The van der Waals surface area contributed by atoms with Crippen LogP contribution in [0.4, 0.5) is 0 Å². The molecule has 5 atom stereocenters. The zero-order valence-electron chi connectivity index (χ0n) is 21.9. The third kappa shape index (κ3) is 3.05. The van der Waals surface area contributed by atoms with Crippen LogP contribution in [0, 0.1) is 28.6 Å². The summed E-state index contributed by atoms with van der Waals surface area (Å²) in [6, 6.07) is 3.30. The van der Waals surface area contributed by atoms with Crippen molar-refractivity contribution in [3.8, 4) is 5.75 Å². The highest BCUT2D eigenvalue weighted by Crippen LogP contribution is 2.64. The van der Waals surface area contributed by atoms with Crippen LogP contribution in [0.15, 0.2) is 23.3 Å². The van der Waals surface area contributed by atoms with E-state index >= 15 is 0 Å². The molecule has 188 valence electrons. The molecule has 0 radical (unpaired) electrons. The van der Waals surface area contributed by atoms with Gasteiger partial charge in [0.05, 0.1) is 17.1 Å². The fraction of sp³-hybridized carbons (Fsp3) is 0.586. The summed E-state index contributed by atoms with van der Waals surface area (Å²) in [6.07, 6.45) is 0.627. The number of benzene rings is 1. The van der Waals surface area contributed by atoms with Gasteiger partial charge in [0.1, 0.15) is 5.75 Å². The largest absolute Gasteiger partial charge is 0.507 e. The predicted octanol–water partition coefficient (Wildman–Crippen LogP) is 4.35. The molecule has 0 aliphatic heterocycles. The van der Waals surface area contributed by atoms with Crippen molar-refractivity contribution in [2.24, 2.45) is 28.6 Å². The molecule has 0 spiro atoms. The summed E-state index contributed by atoms with van der Waals surface area (Å²) in [6.45, 7) is 14.6. The van der Waals surface area contributed by atoms with E-state index in [1.54, 1.807) is 13.8 Å². The monoisotopic (exact) mass is 480 g/mol. The standard InChI is InChI=1S/C29H36O6/c1-13(2)17-9-10-19(31)21-18(17)11-27(7)12-28(8)22(14(3)4)15(5)20(16(6)30)25(33)29(28,35)26(34)23(27)24(21)32/h9-10,13-14,22-23,31,35H,11-12H2,1-8H3/t22-,23?,27+,28+,29-/m1/s1. The first-order valence-corrected chi connectivity index (χ1v) is 12.5. The SMILES string of the molecule is CC(=O)C1=C(C)[C@@H](C(C)C)[C@]2(C)C[C@]3(C)Cc4c(C(C)C)ccc(O)c4C(=O)C3C(=O)[C@]2(O)C1=O. The molecule has 6 nitrogen and oxygen atoms in total. The lowest BCUT2D eigenvalue weighted by Crippen LogP contribution is -2.73. The van der Waals surface area contributed by atoms with Crippen molar-refractivity contribution in [3.05, 3.63) is 40.0 Å². The molecule has 1 unspecified atom stereocenters. The van der Waals surface area contributed by atoms with Crippen LogP contribution in [-0.4, -0.2) is 38.9 Å². The van der Waals surface area contributed by atoms with E-state index in [0.29, 0.717) is 12.0 Å². The first-order chi connectivity index (χ1) is 16.0. The van der Waals surface area contributed by atoms with Crippen LogP contribution in [0.5, 0.6) is 5.75 Å². The highest BCUT2D eigenvalue weighted by Gasteiger charge is 2.73. The van der Waals surface area contributed by atoms with Gasteiger partial charge >= 0.3 is 0 Å². The van der Waals surface area contributed by atoms with Crippen molar-refractivity contribution in [3.63, 3.8) is 0 Å². The molecule has 0 aromatic heterocycles. The normalized spacial score (nSPS) is 34.8. The van der Waals surface area contributed by atoms with Crippen LogP contribution in [-0.2, 0) is 20.8 Å². The quantitative estimate of drug-likeness (QED) is 0.492. The molecule has 2 N–H and O–H groups in total. The van der Waals surface area contributed by atoms with Gasteiger partial charge < -0.3 is 10.2 Å². The average molecular weight is 481 g/mol. The molecule has 4 rings (SSSR count). The second kappa shape index (κ2) is 7.70. The number of carbonyl (C=O) groups is 4. The Morgan fingerprint density at radius 1 is 1.09 bits per heavy atom. The fourth-order valence-electron chi connectivity index (χ4n) is 8.05. The summed E-state index contributed by atoms with van der Waals surface area (Å²) < 4.78 is 0. The van der Waals surface area contributed by atoms with Crippen molar-refractivity contribution < 1.29 is 29.4 Å². The molecular weight excluding hydrogens is 444 g/mol. The number of rotatable bonds is 3. The molecule has 0 saturated heterocycles. The number of phenols is 1. The molecule has 1 aromatic carbocycles. The number of fused-ring (bicyclic) bond motifs is 3. The van der Waals surface area contributed by atoms with E-state index in [2.05, 4.69) is 0 Å². The number of aromatic hydroxyl groups is 1. The molecule has 0 amide bonds. The van der Waals surface area contributed by atoms with Gasteiger partial charge in [-0.25, -0.2) is 0 Å². The van der Waals surface area contributed by atoms with Gasteiger partial charge in [-0.2, -0.15) is 0 Å². The van der Waals surface area contributed by atoms with Crippen molar-refractivity contribution in [1.82, 2.24) is 0 Å². The van der Waals surface area contributed by atoms with E-state index in [4.69, 9.17) is 0 Å². The Balaban J connectivity index is 2.02. The Labute approximate surface area is 206 Å². The minimum atomic E-state index is -2.49. The lowest BCUT2D eigenvalue weighted by atomic mass is 9.40. The lowest BCUT2D eigenvalue weighted by molar-refractivity contribution is -0.192. The maximum atomic E-state index is 14.2. The second-order valence-corrected chi connectivity index (χ2v) is 12.1. The summed E-state index contributed by atoms with van der Waals surface area (Å²) in [5.74, 6) is -4.64. The van der Waals surface area contributed by atoms with E-state index in [1.807, 2.05) is 40.7 Å². The third-order valence-corrected chi connectivity index (χ3v) is 9.07. The van der Waals surface area contributed by atoms with Crippen LogP contribution in [0.25, 0.3) is 0 Å². The number of allylic oxidation sites excluding steroid dienone is 1.